The zero-order valence-corrected chi connectivity index (χ0v) is 11.4. The number of amides is 2. The average molecular weight is 260 g/mol. The summed E-state index contributed by atoms with van der Waals surface area (Å²) in [5, 5.41) is 2.82. The molecule has 1 saturated heterocycles. The summed E-state index contributed by atoms with van der Waals surface area (Å²) in [6, 6.07) is 8.98. The molecule has 1 aromatic carbocycles. The first-order valence-corrected chi connectivity index (χ1v) is 6.78. The van der Waals surface area contributed by atoms with Crippen LogP contribution >= 0.6 is 0 Å². The molecule has 0 spiro atoms. The van der Waals surface area contributed by atoms with E-state index in [1.807, 2.05) is 37.3 Å². The third-order valence-electron chi connectivity index (χ3n) is 3.49. The first-order valence-electron chi connectivity index (χ1n) is 6.78. The molecule has 0 aromatic heterocycles. The highest BCUT2D eigenvalue weighted by Gasteiger charge is 2.37. The van der Waals surface area contributed by atoms with Gasteiger partial charge in [-0.15, -0.1) is 0 Å². The van der Waals surface area contributed by atoms with E-state index in [1.54, 1.807) is 11.8 Å². The number of hydrogen-bond donors (Lipinski definition) is 1. The van der Waals surface area contributed by atoms with Gasteiger partial charge in [-0.05, 0) is 18.9 Å². The number of nitrogens with zero attached hydrogens (tertiary/aromatic N) is 1. The first kappa shape index (κ1) is 13.6. The summed E-state index contributed by atoms with van der Waals surface area (Å²) in [6.45, 7) is 4.43. The van der Waals surface area contributed by atoms with Crippen LogP contribution in [0.25, 0.3) is 0 Å². The van der Waals surface area contributed by atoms with Crippen molar-refractivity contribution in [2.24, 2.45) is 0 Å². The molecule has 102 valence electrons. The summed E-state index contributed by atoms with van der Waals surface area (Å²) in [6.07, 6.45) is 1.42. The van der Waals surface area contributed by atoms with Gasteiger partial charge in [-0.3, -0.25) is 9.59 Å². The lowest BCUT2D eigenvalue weighted by Gasteiger charge is -2.37. The van der Waals surface area contributed by atoms with Crippen molar-refractivity contribution in [3.63, 3.8) is 0 Å². The van der Waals surface area contributed by atoms with Gasteiger partial charge in [0.2, 0.25) is 11.8 Å². The minimum Gasteiger partial charge on any atom is -0.342 e. The Labute approximate surface area is 113 Å². The van der Waals surface area contributed by atoms with E-state index in [9.17, 15) is 9.59 Å². The summed E-state index contributed by atoms with van der Waals surface area (Å²) in [7, 11) is 0. The molecule has 0 radical (unpaired) electrons. The molecule has 1 aromatic rings. The molecule has 0 bridgehead atoms. The van der Waals surface area contributed by atoms with E-state index in [1.165, 1.54) is 0 Å². The van der Waals surface area contributed by atoms with E-state index in [2.05, 4.69) is 5.32 Å². The van der Waals surface area contributed by atoms with E-state index < -0.39 is 6.04 Å². The SMILES string of the molecule is CCCN1C(=O)[C@H](Cc2ccccc2)NC(=O)[C@@H]1C. The summed E-state index contributed by atoms with van der Waals surface area (Å²) in [4.78, 5) is 26.0. The predicted molar refractivity (Wildman–Crippen MR) is 73.5 cm³/mol. The van der Waals surface area contributed by atoms with Crippen LogP contribution in [0, 0.1) is 0 Å². The minimum absolute atomic E-state index is 0.0257. The molecule has 2 atom stereocenters. The number of piperazine rings is 1. The molecule has 1 heterocycles. The van der Waals surface area contributed by atoms with Crippen LogP contribution in [-0.4, -0.2) is 35.3 Å². The Balaban J connectivity index is 2.12. The van der Waals surface area contributed by atoms with Gasteiger partial charge >= 0.3 is 0 Å². The standard InChI is InChI=1S/C15H20N2O2/c1-3-9-17-11(2)14(18)16-13(15(17)19)10-12-7-5-4-6-8-12/h4-8,11,13H,3,9-10H2,1-2H3,(H,16,18)/t11-,13-/m0/s1. The van der Waals surface area contributed by atoms with Crippen molar-refractivity contribution in [3.05, 3.63) is 35.9 Å². The highest BCUT2D eigenvalue weighted by molar-refractivity contribution is 5.96. The second-order valence-corrected chi connectivity index (χ2v) is 4.96. The third-order valence-corrected chi connectivity index (χ3v) is 3.49. The Morgan fingerprint density at radius 3 is 2.53 bits per heavy atom. The van der Waals surface area contributed by atoms with Gasteiger partial charge in [0.15, 0.2) is 0 Å². The molecule has 1 aliphatic heterocycles. The van der Waals surface area contributed by atoms with Gasteiger partial charge in [-0.25, -0.2) is 0 Å². The number of rotatable bonds is 4. The van der Waals surface area contributed by atoms with Gasteiger partial charge in [0.25, 0.3) is 0 Å². The quantitative estimate of drug-likeness (QED) is 0.888. The molecular weight excluding hydrogens is 240 g/mol. The Hall–Kier alpha value is -1.84. The smallest absolute Gasteiger partial charge is 0.246 e. The molecule has 19 heavy (non-hydrogen) atoms. The molecule has 4 nitrogen and oxygen atoms in total. The van der Waals surface area contributed by atoms with Crippen LogP contribution < -0.4 is 5.32 Å². The normalized spacial score (nSPS) is 23.4. The lowest BCUT2D eigenvalue weighted by Crippen LogP contribution is -2.63. The van der Waals surface area contributed by atoms with Crippen molar-refractivity contribution >= 4 is 11.8 Å². The van der Waals surface area contributed by atoms with E-state index in [4.69, 9.17) is 0 Å². The molecule has 1 fully saturated rings. The van der Waals surface area contributed by atoms with Crippen molar-refractivity contribution in [2.45, 2.75) is 38.8 Å². The Bertz CT molecular complexity index is 458. The maximum Gasteiger partial charge on any atom is 0.246 e. The van der Waals surface area contributed by atoms with E-state index >= 15 is 0 Å². The molecule has 4 heteroatoms. The largest absolute Gasteiger partial charge is 0.342 e. The number of benzene rings is 1. The lowest BCUT2D eigenvalue weighted by atomic mass is 10.0. The number of nitrogens with one attached hydrogen (secondary N) is 1. The topological polar surface area (TPSA) is 49.4 Å². The Morgan fingerprint density at radius 2 is 1.89 bits per heavy atom. The lowest BCUT2D eigenvalue weighted by molar-refractivity contribution is -0.148. The van der Waals surface area contributed by atoms with Crippen LogP contribution in [0.4, 0.5) is 0 Å². The fourth-order valence-electron chi connectivity index (χ4n) is 2.42. The highest BCUT2D eigenvalue weighted by atomic mass is 16.2. The fourth-order valence-corrected chi connectivity index (χ4v) is 2.42. The molecule has 0 aliphatic carbocycles. The van der Waals surface area contributed by atoms with E-state index in [-0.39, 0.29) is 17.9 Å². The molecule has 1 aliphatic rings. The third kappa shape index (κ3) is 2.95. The van der Waals surface area contributed by atoms with Crippen molar-refractivity contribution in [1.29, 1.82) is 0 Å². The van der Waals surface area contributed by atoms with Gasteiger partial charge in [-0.1, -0.05) is 37.3 Å². The average Bonchev–Trinajstić information content (AvgIpc) is 2.42. The van der Waals surface area contributed by atoms with Crippen LogP contribution in [0.3, 0.4) is 0 Å². The van der Waals surface area contributed by atoms with Crippen LogP contribution in [-0.2, 0) is 16.0 Å². The maximum absolute atomic E-state index is 12.4. The van der Waals surface area contributed by atoms with Crippen LogP contribution in [0.5, 0.6) is 0 Å². The molecule has 1 N–H and O–H groups in total. The van der Waals surface area contributed by atoms with E-state index in [0.29, 0.717) is 13.0 Å². The summed E-state index contributed by atoms with van der Waals surface area (Å²) in [5.41, 5.74) is 1.06. The van der Waals surface area contributed by atoms with Crippen LogP contribution in [0.1, 0.15) is 25.8 Å². The molecule has 2 rings (SSSR count). The summed E-state index contributed by atoms with van der Waals surface area (Å²) in [5.74, 6) is -0.0354. The van der Waals surface area contributed by atoms with Gasteiger partial charge in [0, 0.05) is 13.0 Å². The van der Waals surface area contributed by atoms with Crippen molar-refractivity contribution in [3.8, 4) is 0 Å². The van der Waals surface area contributed by atoms with Crippen molar-refractivity contribution < 1.29 is 9.59 Å². The first-order chi connectivity index (χ1) is 9.13. The number of hydrogen-bond acceptors (Lipinski definition) is 2. The van der Waals surface area contributed by atoms with Gasteiger partial charge < -0.3 is 10.2 Å². The molecular formula is C15H20N2O2. The van der Waals surface area contributed by atoms with Crippen LogP contribution in [0.2, 0.25) is 0 Å². The zero-order chi connectivity index (χ0) is 13.8. The maximum atomic E-state index is 12.4. The molecule has 0 saturated carbocycles. The second-order valence-electron chi connectivity index (χ2n) is 4.96. The van der Waals surface area contributed by atoms with E-state index in [0.717, 1.165) is 12.0 Å². The van der Waals surface area contributed by atoms with Crippen molar-refractivity contribution in [2.75, 3.05) is 6.54 Å². The van der Waals surface area contributed by atoms with Crippen molar-refractivity contribution in [1.82, 2.24) is 10.2 Å². The predicted octanol–water partition coefficient (Wildman–Crippen LogP) is 1.35. The fraction of sp³-hybridized carbons (Fsp3) is 0.467. The molecule has 0 unspecified atom stereocenters. The zero-order valence-electron chi connectivity index (χ0n) is 11.4. The number of carbonyl (C=O) groups is 2. The highest BCUT2D eigenvalue weighted by Crippen LogP contribution is 2.14. The second kappa shape index (κ2) is 5.87. The Morgan fingerprint density at radius 1 is 1.21 bits per heavy atom. The number of carbonyl (C=O) groups excluding carboxylic acids is 2. The summed E-state index contributed by atoms with van der Waals surface area (Å²) < 4.78 is 0. The monoisotopic (exact) mass is 260 g/mol. The molecule has 2 amide bonds. The summed E-state index contributed by atoms with van der Waals surface area (Å²) >= 11 is 0. The van der Waals surface area contributed by atoms with Crippen LogP contribution in [0.15, 0.2) is 30.3 Å². The van der Waals surface area contributed by atoms with Gasteiger partial charge in [-0.2, -0.15) is 0 Å². The van der Waals surface area contributed by atoms with Gasteiger partial charge in [0.1, 0.15) is 12.1 Å². The van der Waals surface area contributed by atoms with Gasteiger partial charge in [0.05, 0.1) is 0 Å². The Kier molecular flexibility index (Phi) is 4.20. The minimum atomic E-state index is -0.433.